The number of likely N-dealkylation sites (N-methyl/N-ethyl adjacent to an activating group) is 1. The van der Waals surface area contributed by atoms with Gasteiger partial charge in [-0.1, -0.05) is 71.1 Å². The van der Waals surface area contributed by atoms with Gasteiger partial charge in [0, 0.05) is 33.3 Å². The van der Waals surface area contributed by atoms with Gasteiger partial charge in [-0.05, 0) is 27.2 Å². The number of unbranched alkanes of at least 4 members (excludes halogenated alkanes) is 10. The molecule has 0 bridgehead atoms. The lowest BCUT2D eigenvalue weighted by atomic mass is 10.1. The highest BCUT2D eigenvalue weighted by Gasteiger charge is 2.56. The number of carbonyl (C=O) groups is 2. The summed E-state index contributed by atoms with van der Waals surface area (Å²) < 4.78 is 45.9. The van der Waals surface area contributed by atoms with Crippen LogP contribution in [0.15, 0.2) is 0 Å². The molecule has 0 unspecified atom stereocenters. The minimum absolute atomic E-state index is 0.0617. The van der Waals surface area contributed by atoms with Crippen molar-refractivity contribution in [1.29, 1.82) is 0 Å². The quantitative estimate of drug-likeness (QED) is 0.120. The highest BCUT2D eigenvalue weighted by molar-refractivity contribution is 8.15. The van der Waals surface area contributed by atoms with Crippen molar-refractivity contribution in [3.63, 3.8) is 0 Å². The Kier molecular flexibility index (Phi) is 22.9. The molecule has 210 valence electrons. The lowest BCUT2D eigenvalue weighted by Crippen LogP contribution is -2.53. The number of carboxylic acids is 1. The van der Waals surface area contributed by atoms with Gasteiger partial charge in [0.2, 0.25) is 5.91 Å². The molecule has 1 amide bonds. The van der Waals surface area contributed by atoms with Crippen LogP contribution in [0.25, 0.3) is 0 Å². The van der Waals surface area contributed by atoms with Gasteiger partial charge >= 0.3 is 23.5 Å². The van der Waals surface area contributed by atoms with Crippen LogP contribution in [0.5, 0.6) is 0 Å². The summed E-state index contributed by atoms with van der Waals surface area (Å²) in [5.74, 6) is -1.02. The van der Waals surface area contributed by atoms with Gasteiger partial charge in [0.05, 0.1) is 0 Å². The van der Waals surface area contributed by atoms with E-state index in [4.69, 9.17) is 22.9 Å². The summed E-state index contributed by atoms with van der Waals surface area (Å²) in [4.78, 5) is 23.4. The smallest absolute Gasteiger partial charge is 0.480 e. The minimum Gasteiger partial charge on any atom is -0.480 e. The second kappa shape index (κ2) is 22.2. The molecule has 0 aliphatic rings. The lowest BCUT2D eigenvalue weighted by molar-refractivity contribution is -0.143. The summed E-state index contributed by atoms with van der Waals surface area (Å²) >= 11 is 0. The summed E-state index contributed by atoms with van der Waals surface area (Å²) in [5, 5.41) is 8.60. The van der Waals surface area contributed by atoms with Gasteiger partial charge in [-0.15, -0.1) is 0 Å². The van der Waals surface area contributed by atoms with E-state index in [0.29, 0.717) is 6.42 Å². The molecule has 0 radical (unpaired) electrons. The molecular weight excluding hydrogens is 494 g/mol. The van der Waals surface area contributed by atoms with Crippen LogP contribution < -0.4 is 0 Å². The Morgan fingerprint density at radius 1 is 0.743 bits per heavy atom. The van der Waals surface area contributed by atoms with E-state index in [1.807, 2.05) is 0 Å². The van der Waals surface area contributed by atoms with Crippen molar-refractivity contribution in [2.45, 2.75) is 105 Å². The molecule has 0 aliphatic carbocycles. The van der Waals surface area contributed by atoms with E-state index in [1.165, 1.54) is 62.7 Å². The van der Waals surface area contributed by atoms with Crippen LogP contribution >= 0.6 is 0 Å². The van der Waals surface area contributed by atoms with E-state index in [1.54, 1.807) is 27.8 Å². The standard InChI is InChI=1S/C17H33NO3.C6H16O6SSi/c1-3-4-5-6-7-8-9-10-11-12-13-14-16(19)18(2)15-17(20)21;1-4-10-14(11-5-2,12-6-3)13(7,8)9/h3-15H2,1-2H3,(H,20,21);4-6H2,1-3H3,(H,7,8,9). The number of carboxylic acid groups (broad SMARTS) is 1. The Bertz CT molecular complexity index is 630. The van der Waals surface area contributed by atoms with Crippen LogP contribution in [0.1, 0.15) is 105 Å². The van der Waals surface area contributed by atoms with E-state index >= 15 is 0 Å². The number of nitrogens with zero attached hydrogens (tertiary/aromatic N) is 1. The molecule has 0 atom stereocenters. The van der Waals surface area contributed by atoms with Crippen LogP contribution in [0, 0.1) is 0 Å². The van der Waals surface area contributed by atoms with E-state index in [-0.39, 0.29) is 32.3 Å². The largest absolute Gasteiger partial charge is 0.667 e. The molecule has 0 saturated carbocycles. The number of carbonyl (C=O) groups excluding carboxylic acids is 1. The van der Waals surface area contributed by atoms with Crippen LogP contribution in [-0.4, -0.2) is 76.2 Å². The molecular formula is C23H49NO9SSi. The first-order chi connectivity index (χ1) is 16.5. The van der Waals surface area contributed by atoms with Crippen molar-refractivity contribution in [2.24, 2.45) is 0 Å². The lowest BCUT2D eigenvalue weighted by Gasteiger charge is -2.24. The molecule has 2 N–H and O–H groups in total. The topological polar surface area (TPSA) is 140 Å². The zero-order valence-corrected chi connectivity index (χ0v) is 24.2. The van der Waals surface area contributed by atoms with Crippen LogP contribution in [0.3, 0.4) is 0 Å². The number of hydrogen-bond donors (Lipinski definition) is 2. The van der Waals surface area contributed by atoms with Gasteiger partial charge in [0.25, 0.3) is 0 Å². The van der Waals surface area contributed by atoms with Gasteiger partial charge < -0.3 is 23.3 Å². The van der Waals surface area contributed by atoms with Gasteiger partial charge in [-0.3, -0.25) is 14.1 Å². The van der Waals surface area contributed by atoms with Gasteiger partial charge in [-0.2, -0.15) is 8.42 Å². The normalized spacial score (nSPS) is 11.6. The molecule has 0 aromatic heterocycles. The predicted molar refractivity (Wildman–Crippen MR) is 139 cm³/mol. The minimum atomic E-state index is -4.44. The van der Waals surface area contributed by atoms with E-state index < -0.39 is 23.5 Å². The molecule has 0 rings (SSSR count). The van der Waals surface area contributed by atoms with Crippen molar-refractivity contribution in [3.05, 3.63) is 0 Å². The molecule has 0 saturated heterocycles. The molecule has 0 fully saturated rings. The summed E-state index contributed by atoms with van der Waals surface area (Å²) in [6.07, 6.45) is 14.3. The Labute approximate surface area is 213 Å². The van der Waals surface area contributed by atoms with Gasteiger partial charge in [0.1, 0.15) is 6.54 Å². The predicted octanol–water partition coefficient (Wildman–Crippen LogP) is 4.65. The highest BCUT2D eigenvalue weighted by Crippen LogP contribution is 2.16. The van der Waals surface area contributed by atoms with Crippen molar-refractivity contribution in [1.82, 2.24) is 4.90 Å². The van der Waals surface area contributed by atoms with Crippen LogP contribution in [0.4, 0.5) is 0 Å². The van der Waals surface area contributed by atoms with Gasteiger partial charge in [-0.25, -0.2) is 0 Å². The van der Waals surface area contributed by atoms with Crippen molar-refractivity contribution in [2.75, 3.05) is 33.4 Å². The fraction of sp³-hybridized carbons (Fsp3) is 0.913. The first-order valence-corrected chi connectivity index (χ1v) is 16.7. The Balaban J connectivity index is 0. The van der Waals surface area contributed by atoms with E-state index in [9.17, 15) is 18.0 Å². The molecule has 0 heterocycles. The second-order valence-corrected chi connectivity index (χ2v) is 14.1. The van der Waals surface area contributed by atoms with Crippen molar-refractivity contribution >= 4 is 29.4 Å². The fourth-order valence-electron chi connectivity index (χ4n) is 3.30. The Morgan fingerprint density at radius 2 is 1.11 bits per heavy atom. The molecule has 35 heavy (non-hydrogen) atoms. The average molecular weight is 544 g/mol. The molecule has 0 aromatic rings. The molecule has 0 aromatic carbocycles. The van der Waals surface area contributed by atoms with E-state index in [0.717, 1.165) is 12.8 Å². The molecule has 0 spiro atoms. The summed E-state index contributed by atoms with van der Waals surface area (Å²) in [6.45, 7) is 7.16. The van der Waals surface area contributed by atoms with Crippen LogP contribution in [-0.2, 0) is 32.4 Å². The Hall–Kier alpha value is -1.05. The summed E-state index contributed by atoms with van der Waals surface area (Å²) in [6, 6.07) is 0. The maximum Gasteiger partial charge on any atom is 0.667 e. The zero-order valence-electron chi connectivity index (χ0n) is 22.4. The highest BCUT2D eigenvalue weighted by atomic mass is 32.4. The van der Waals surface area contributed by atoms with Crippen LogP contribution in [0.2, 0.25) is 0 Å². The first-order valence-electron chi connectivity index (χ1n) is 12.9. The third kappa shape index (κ3) is 18.8. The number of hydrogen-bond acceptors (Lipinski definition) is 7. The van der Waals surface area contributed by atoms with Crippen molar-refractivity contribution < 1.29 is 40.9 Å². The second-order valence-electron chi connectivity index (χ2n) is 8.20. The monoisotopic (exact) mass is 543 g/mol. The maximum atomic E-state index is 11.6. The number of rotatable bonds is 21. The number of amides is 1. The summed E-state index contributed by atoms with van der Waals surface area (Å²) in [5.41, 5.74) is 0. The van der Waals surface area contributed by atoms with E-state index in [2.05, 4.69) is 6.92 Å². The zero-order chi connectivity index (χ0) is 27.2. The SMILES string of the molecule is CCCCCCCCCCCCCC(=O)N(C)CC(=O)O.CCO[Si](OCC)(OCC)S(=O)(=O)O. The fourth-order valence-corrected chi connectivity index (χ4v) is 7.46. The molecule has 0 aliphatic heterocycles. The van der Waals surface area contributed by atoms with Crippen molar-refractivity contribution in [3.8, 4) is 0 Å². The maximum absolute atomic E-state index is 11.6. The average Bonchev–Trinajstić information content (AvgIpc) is 2.77. The molecule has 12 heteroatoms. The number of aliphatic carboxylic acids is 1. The summed E-state index contributed by atoms with van der Waals surface area (Å²) in [7, 11) is -6.86. The third-order valence-electron chi connectivity index (χ3n) is 5.07. The first kappa shape index (κ1) is 36.1. The Morgan fingerprint density at radius 3 is 1.43 bits per heavy atom. The third-order valence-corrected chi connectivity index (χ3v) is 10.6. The molecule has 10 nitrogen and oxygen atoms in total. The van der Waals surface area contributed by atoms with Gasteiger partial charge in [0.15, 0.2) is 0 Å².